The van der Waals surface area contributed by atoms with Gasteiger partial charge in [-0.2, -0.15) is 0 Å². The van der Waals surface area contributed by atoms with Gasteiger partial charge in [-0.3, -0.25) is 0 Å². The average Bonchev–Trinajstić information content (AvgIpc) is 2.83. The van der Waals surface area contributed by atoms with Gasteiger partial charge in [0.05, 0.1) is 13.2 Å². The first-order valence-electron chi connectivity index (χ1n) is 5.78. The lowest BCUT2D eigenvalue weighted by Crippen LogP contribution is -2.18. The molecule has 2 rings (SSSR count). The molecule has 0 saturated heterocycles. The van der Waals surface area contributed by atoms with Gasteiger partial charge in [-0.25, -0.2) is 0 Å². The summed E-state index contributed by atoms with van der Waals surface area (Å²) in [5.41, 5.74) is 1.21. The first-order valence-corrected chi connectivity index (χ1v) is 6.16. The van der Waals surface area contributed by atoms with Crippen LogP contribution in [0, 0.1) is 0 Å². The van der Waals surface area contributed by atoms with Crippen molar-refractivity contribution in [2.75, 3.05) is 14.2 Å². The van der Waals surface area contributed by atoms with E-state index in [0.29, 0.717) is 5.22 Å². The van der Waals surface area contributed by atoms with Gasteiger partial charge in [-0.05, 0) is 54.9 Å². The first-order chi connectivity index (χ1) is 8.72. The van der Waals surface area contributed by atoms with Crippen LogP contribution in [-0.4, -0.2) is 14.2 Å². The molecule has 2 aromatic rings. The van der Waals surface area contributed by atoms with E-state index in [-0.39, 0.29) is 6.04 Å². The lowest BCUT2D eigenvalue weighted by atomic mass is 10.0. The fraction of sp³-hybridized carbons (Fsp3) is 0.286. The normalized spacial score (nSPS) is 12.4. The van der Waals surface area contributed by atoms with Gasteiger partial charge >= 0.3 is 0 Å². The SMILES string of the molecule is CNC(Cc1ccc(OC)cc1)c1ccc(Cl)o1. The van der Waals surface area contributed by atoms with Crippen molar-refractivity contribution in [1.29, 1.82) is 0 Å². The number of benzene rings is 1. The molecule has 0 spiro atoms. The zero-order valence-corrected chi connectivity index (χ0v) is 11.2. The molecule has 0 aliphatic carbocycles. The van der Waals surface area contributed by atoms with Gasteiger partial charge in [0, 0.05) is 0 Å². The van der Waals surface area contributed by atoms with Crippen LogP contribution in [0.4, 0.5) is 0 Å². The minimum atomic E-state index is 0.117. The lowest BCUT2D eigenvalue weighted by Gasteiger charge is -2.13. The molecule has 1 unspecified atom stereocenters. The highest BCUT2D eigenvalue weighted by molar-refractivity contribution is 6.28. The Labute approximate surface area is 112 Å². The molecule has 1 aromatic carbocycles. The summed E-state index contributed by atoms with van der Waals surface area (Å²) in [5, 5.41) is 3.64. The predicted octanol–water partition coefficient (Wildman–Crippen LogP) is 3.44. The third-order valence-electron chi connectivity index (χ3n) is 2.88. The first kappa shape index (κ1) is 13.0. The van der Waals surface area contributed by atoms with Crippen LogP contribution in [-0.2, 0) is 6.42 Å². The third kappa shape index (κ3) is 3.06. The van der Waals surface area contributed by atoms with Gasteiger partial charge in [-0.15, -0.1) is 0 Å². The maximum absolute atomic E-state index is 5.79. The van der Waals surface area contributed by atoms with Gasteiger partial charge in [0.2, 0.25) is 0 Å². The molecule has 1 heterocycles. The molecule has 3 nitrogen and oxygen atoms in total. The molecule has 1 atom stereocenters. The summed E-state index contributed by atoms with van der Waals surface area (Å²) in [7, 11) is 3.57. The van der Waals surface area contributed by atoms with E-state index in [0.717, 1.165) is 17.9 Å². The van der Waals surface area contributed by atoms with Crippen LogP contribution in [0.3, 0.4) is 0 Å². The minimum absolute atomic E-state index is 0.117. The molecule has 0 fully saturated rings. The Morgan fingerprint density at radius 2 is 1.94 bits per heavy atom. The lowest BCUT2D eigenvalue weighted by molar-refractivity contribution is 0.414. The molecule has 0 bridgehead atoms. The number of ether oxygens (including phenoxy) is 1. The van der Waals surface area contributed by atoms with Gasteiger partial charge < -0.3 is 14.5 Å². The van der Waals surface area contributed by atoms with Crippen LogP contribution in [0.2, 0.25) is 5.22 Å². The molecule has 0 aliphatic rings. The van der Waals surface area contributed by atoms with Crippen LogP contribution in [0.25, 0.3) is 0 Å². The topological polar surface area (TPSA) is 34.4 Å². The van der Waals surface area contributed by atoms with Crippen LogP contribution in [0.15, 0.2) is 40.8 Å². The zero-order chi connectivity index (χ0) is 13.0. The smallest absolute Gasteiger partial charge is 0.193 e. The van der Waals surface area contributed by atoms with Crippen LogP contribution in [0.1, 0.15) is 17.4 Å². The highest BCUT2D eigenvalue weighted by Gasteiger charge is 2.14. The number of halogens is 1. The van der Waals surface area contributed by atoms with E-state index in [1.807, 2.05) is 37.4 Å². The number of nitrogens with one attached hydrogen (secondary N) is 1. The molecular formula is C14H16ClNO2. The molecule has 0 radical (unpaired) electrons. The average molecular weight is 266 g/mol. The molecule has 96 valence electrons. The van der Waals surface area contributed by atoms with Crippen LogP contribution < -0.4 is 10.1 Å². The number of methoxy groups -OCH3 is 1. The number of hydrogen-bond donors (Lipinski definition) is 1. The summed E-state index contributed by atoms with van der Waals surface area (Å²) >= 11 is 5.79. The number of hydrogen-bond acceptors (Lipinski definition) is 3. The predicted molar refractivity (Wildman–Crippen MR) is 72.2 cm³/mol. The van der Waals surface area contributed by atoms with Crippen molar-refractivity contribution < 1.29 is 9.15 Å². The Morgan fingerprint density at radius 1 is 1.22 bits per heavy atom. The second kappa shape index (κ2) is 5.94. The van der Waals surface area contributed by atoms with Crippen molar-refractivity contribution in [3.05, 3.63) is 52.9 Å². The maximum Gasteiger partial charge on any atom is 0.193 e. The fourth-order valence-corrected chi connectivity index (χ4v) is 2.01. The molecular weight excluding hydrogens is 250 g/mol. The number of rotatable bonds is 5. The summed E-state index contributed by atoms with van der Waals surface area (Å²) < 4.78 is 10.6. The largest absolute Gasteiger partial charge is 0.497 e. The quantitative estimate of drug-likeness (QED) is 0.899. The number of likely N-dealkylation sites (N-methyl/N-ethyl adjacent to an activating group) is 1. The van der Waals surface area contributed by atoms with Crippen molar-refractivity contribution in [3.63, 3.8) is 0 Å². The van der Waals surface area contributed by atoms with E-state index in [1.54, 1.807) is 13.2 Å². The van der Waals surface area contributed by atoms with E-state index < -0.39 is 0 Å². The van der Waals surface area contributed by atoms with Crippen molar-refractivity contribution in [3.8, 4) is 5.75 Å². The highest BCUT2D eigenvalue weighted by atomic mass is 35.5. The molecule has 0 saturated carbocycles. The van der Waals surface area contributed by atoms with E-state index >= 15 is 0 Å². The maximum atomic E-state index is 5.79. The summed E-state index contributed by atoms with van der Waals surface area (Å²) in [6, 6.07) is 11.8. The molecule has 1 N–H and O–H groups in total. The van der Waals surface area contributed by atoms with E-state index in [1.165, 1.54) is 5.56 Å². The zero-order valence-electron chi connectivity index (χ0n) is 10.4. The van der Waals surface area contributed by atoms with Gasteiger partial charge in [-0.1, -0.05) is 12.1 Å². The Hall–Kier alpha value is -1.45. The monoisotopic (exact) mass is 265 g/mol. The summed E-state index contributed by atoms with van der Waals surface area (Å²) in [6.07, 6.45) is 0.838. The van der Waals surface area contributed by atoms with E-state index in [9.17, 15) is 0 Å². The van der Waals surface area contributed by atoms with Gasteiger partial charge in [0.25, 0.3) is 0 Å². The summed E-state index contributed by atoms with van der Waals surface area (Å²) in [6.45, 7) is 0. The summed E-state index contributed by atoms with van der Waals surface area (Å²) in [4.78, 5) is 0. The van der Waals surface area contributed by atoms with E-state index in [2.05, 4.69) is 5.32 Å². The second-order valence-electron chi connectivity index (χ2n) is 4.04. The standard InChI is InChI=1S/C14H16ClNO2/c1-16-12(13-7-8-14(15)18-13)9-10-3-5-11(17-2)6-4-10/h3-8,12,16H,9H2,1-2H3. The fourth-order valence-electron chi connectivity index (χ4n) is 1.86. The molecule has 0 aliphatic heterocycles. The van der Waals surface area contributed by atoms with Crippen molar-refractivity contribution in [2.24, 2.45) is 0 Å². The van der Waals surface area contributed by atoms with Crippen LogP contribution >= 0.6 is 11.6 Å². The Morgan fingerprint density at radius 3 is 2.44 bits per heavy atom. The second-order valence-corrected chi connectivity index (χ2v) is 4.41. The molecule has 18 heavy (non-hydrogen) atoms. The Bertz CT molecular complexity index is 493. The van der Waals surface area contributed by atoms with Crippen molar-refractivity contribution >= 4 is 11.6 Å². The molecule has 4 heteroatoms. The Kier molecular flexibility index (Phi) is 4.28. The van der Waals surface area contributed by atoms with Crippen molar-refractivity contribution in [2.45, 2.75) is 12.5 Å². The molecule has 0 amide bonds. The molecule has 1 aromatic heterocycles. The van der Waals surface area contributed by atoms with Gasteiger partial charge in [0.1, 0.15) is 11.5 Å². The highest BCUT2D eigenvalue weighted by Crippen LogP contribution is 2.23. The minimum Gasteiger partial charge on any atom is -0.497 e. The van der Waals surface area contributed by atoms with E-state index in [4.69, 9.17) is 20.8 Å². The summed E-state index contributed by atoms with van der Waals surface area (Å²) in [5.74, 6) is 1.71. The van der Waals surface area contributed by atoms with Crippen LogP contribution in [0.5, 0.6) is 5.75 Å². The van der Waals surface area contributed by atoms with Gasteiger partial charge in [0.15, 0.2) is 5.22 Å². The van der Waals surface area contributed by atoms with Crippen molar-refractivity contribution in [1.82, 2.24) is 5.32 Å². The number of furan rings is 1. The third-order valence-corrected chi connectivity index (χ3v) is 3.09. The Balaban J connectivity index is 2.10.